The van der Waals surface area contributed by atoms with E-state index in [9.17, 15) is 4.79 Å². The first kappa shape index (κ1) is 12.8. The molecule has 0 fully saturated rings. The number of rotatable bonds is 4. The fraction of sp³-hybridized carbons (Fsp3) is 0.250. The molecule has 0 spiro atoms. The minimum absolute atomic E-state index is 0.363. The molecule has 0 bridgehead atoms. The van der Waals surface area contributed by atoms with Crippen LogP contribution in [0.15, 0.2) is 28.9 Å². The third-order valence-corrected chi connectivity index (χ3v) is 2.42. The van der Waals surface area contributed by atoms with E-state index < -0.39 is 0 Å². The molecule has 1 aromatic carbocycles. The van der Waals surface area contributed by atoms with Crippen molar-refractivity contribution in [2.24, 2.45) is 0 Å². The van der Waals surface area contributed by atoms with Gasteiger partial charge >= 0.3 is 5.97 Å². The zero-order chi connectivity index (χ0) is 12.0. The molecular weight excluding hydrogens is 272 g/mol. The summed E-state index contributed by atoms with van der Waals surface area (Å²) in [6.45, 7) is 2.49. The summed E-state index contributed by atoms with van der Waals surface area (Å²) in [6, 6.07) is 5.40. The monoisotopic (exact) mass is 284 g/mol. The lowest BCUT2D eigenvalue weighted by molar-refractivity contribution is 0.0600. The van der Waals surface area contributed by atoms with Gasteiger partial charge in [0.25, 0.3) is 0 Å². The predicted molar refractivity (Wildman–Crippen MR) is 66.1 cm³/mol. The molecule has 0 aliphatic carbocycles. The van der Waals surface area contributed by atoms with Gasteiger partial charge in [-0.2, -0.15) is 0 Å². The molecule has 0 saturated heterocycles. The molecule has 3 nitrogen and oxygen atoms in total. The highest BCUT2D eigenvalue weighted by Crippen LogP contribution is 2.18. The van der Waals surface area contributed by atoms with Gasteiger partial charge in [-0.05, 0) is 30.7 Å². The highest BCUT2D eigenvalue weighted by atomic mass is 79.9. The van der Waals surface area contributed by atoms with Gasteiger partial charge in [0.2, 0.25) is 0 Å². The van der Waals surface area contributed by atoms with E-state index in [4.69, 9.17) is 9.47 Å². The number of halogens is 1. The maximum atomic E-state index is 11.5. The second-order valence-electron chi connectivity index (χ2n) is 2.98. The highest BCUT2D eigenvalue weighted by Gasteiger charge is 2.10. The number of hydrogen-bond acceptors (Lipinski definition) is 3. The summed E-state index contributed by atoms with van der Waals surface area (Å²) in [5.74, 6) is -0.363. The summed E-state index contributed by atoms with van der Waals surface area (Å²) < 4.78 is 10.6. The number of ether oxygens (including phenoxy) is 2. The van der Waals surface area contributed by atoms with Gasteiger partial charge in [0.05, 0.1) is 25.5 Å². The van der Waals surface area contributed by atoms with Crippen LogP contribution >= 0.6 is 15.9 Å². The van der Waals surface area contributed by atoms with Crippen LogP contribution in [0, 0.1) is 0 Å². The van der Waals surface area contributed by atoms with Gasteiger partial charge in [-0.1, -0.05) is 22.0 Å². The van der Waals surface area contributed by atoms with E-state index in [1.54, 1.807) is 18.4 Å². The van der Waals surface area contributed by atoms with Gasteiger partial charge in [-0.3, -0.25) is 0 Å². The SMILES string of the molecule is CCO/C=C/c1ccc(Br)cc1C(=O)OC. The molecule has 0 atom stereocenters. The van der Waals surface area contributed by atoms with Gasteiger partial charge in [0, 0.05) is 4.47 Å². The Morgan fingerprint density at radius 1 is 1.50 bits per heavy atom. The zero-order valence-corrected chi connectivity index (χ0v) is 10.8. The van der Waals surface area contributed by atoms with Crippen molar-refractivity contribution < 1.29 is 14.3 Å². The van der Waals surface area contributed by atoms with Crippen molar-refractivity contribution in [1.29, 1.82) is 0 Å². The van der Waals surface area contributed by atoms with Gasteiger partial charge in [-0.15, -0.1) is 0 Å². The number of benzene rings is 1. The first-order valence-electron chi connectivity index (χ1n) is 4.85. The largest absolute Gasteiger partial charge is 0.501 e. The lowest BCUT2D eigenvalue weighted by Crippen LogP contribution is -2.03. The molecule has 0 aromatic heterocycles. The Kier molecular flexibility index (Phi) is 5.05. The van der Waals surface area contributed by atoms with Crippen LogP contribution in [0.5, 0.6) is 0 Å². The zero-order valence-electron chi connectivity index (χ0n) is 9.20. The molecule has 0 N–H and O–H groups in total. The van der Waals surface area contributed by atoms with Crippen molar-refractivity contribution in [2.45, 2.75) is 6.92 Å². The van der Waals surface area contributed by atoms with Crippen molar-refractivity contribution in [3.05, 3.63) is 40.1 Å². The summed E-state index contributed by atoms with van der Waals surface area (Å²) in [6.07, 6.45) is 3.30. The highest BCUT2D eigenvalue weighted by molar-refractivity contribution is 9.10. The fourth-order valence-corrected chi connectivity index (χ4v) is 1.54. The van der Waals surface area contributed by atoms with Crippen LogP contribution in [0.1, 0.15) is 22.8 Å². The Morgan fingerprint density at radius 2 is 2.25 bits per heavy atom. The van der Waals surface area contributed by atoms with Gasteiger partial charge in [-0.25, -0.2) is 4.79 Å². The van der Waals surface area contributed by atoms with Crippen LogP contribution < -0.4 is 0 Å². The van der Waals surface area contributed by atoms with E-state index >= 15 is 0 Å². The van der Waals surface area contributed by atoms with Crippen molar-refractivity contribution in [3.63, 3.8) is 0 Å². The summed E-state index contributed by atoms with van der Waals surface area (Å²) in [5, 5.41) is 0. The normalized spacial score (nSPS) is 10.4. The van der Waals surface area contributed by atoms with Crippen LogP contribution in [0.3, 0.4) is 0 Å². The van der Waals surface area contributed by atoms with Crippen molar-refractivity contribution in [3.8, 4) is 0 Å². The molecule has 16 heavy (non-hydrogen) atoms. The first-order chi connectivity index (χ1) is 7.69. The number of methoxy groups -OCH3 is 1. The minimum Gasteiger partial charge on any atom is -0.501 e. The molecule has 1 rings (SSSR count). The molecule has 0 heterocycles. The van der Waals surface area contributed by atoms with Crippen LogP contribution in [0.4, 0.5) is 0 Å². The molecule has 0 amide bonds. The number of esters is 1. The van der Waals surface area contributed by atoms with Crippen LogP contribution in [0.2, 0.25) is 0 Å². The Bertz CT molecular complexity index is 399. The van der Waals surface area contributed by atoms with Crippen molar-refractivity contribution in [2.75, 3.05) is 13.7 Å². The van der Waals surface area contributed by atoms with Crippen molar-refractivity contribution >= 4 is 28.0 Å². The van der Waals surface area contributed by atoms with E-state index in [2.05, 4.69) is 15.9 Å². The molecule has 1 aromatic rings. The van der Waals surface area contributed by atoms with E-state index in [1.165, 1.54) is 7.11 Å². The topological polar surface area (TPSA) is 35.5 Å². The smallest absolute Gasteiger partial charge is 0.338 e. The van der Waals surface area contributed by atoms with E-state index in [1.807, 2.05) is 19.1 Å². The number of carbonyl (C=O) groups excluding carboxylic acids is 1. The van der Waals surface area contributed by atoms with Crippen molar-refractivity contribution in [1.82, 2.24) is 0 Å². The molecular formula is C12H13BrO3. The predicted octanol–water partition coefficient (Wildman–Crippen LogP) is 3.24. The maximum absolute atomic E-state index is 11.5. The lowest BCUT2D eigenvalue weighted by atomic mass is 10.1. The van der Waals surface area contributed by atoms with Crippen LogP contribution in [-0.2, 0) is 9.47 Å². The average molecular weight is 285 g/mol. The minimum atomic E-state index is -0.363. The number of hydrogen-bond donors (Lipinski definition) is 0. The summed E-state index contributed by atoms with van der Waals surface area (Å²) in [7, 11) is 1.36. The number of carbonyl (C=O) groups is 1. The Morgan fingerprint density at radius 3 is 2.88 bits per heavy atom. The van der Waals surface area contributed by atoms with E-state index in [-0.39, 0.29) is 5.97 Å². The quantitative estimate of drug-likeness (QED) is 0.629. The van der Waals surface area contributed by atoms with Gasteiger partial charge < -0.3 is 9.47 Å². The Hall–Kier alpha value is -1.29. The summed E-state index contributed by atoms with van der Waals surface area (Å²) >= 11 is 3.31. The second-order valence-corrected chi connectivity index (χ2v) is 3.90. The molecule has 86 valence electrons. The molecule has 0 unspecified atom stereocenters. The third-order valence-electron chi connectivity index (χ3n) is 1.93. The molecule has 0 aliphatic heterocycles. The molecule has 0 radical (unpaired) electrons. The fourth-order valence-electron chi connectivity index (χ4n) is 1.18. The van der Waals surface area contributed by atoms with E-state index in [0.717, 1.165) is 10.0 Å². The third kappa shape index (κ3) is 3.38. The lowest BCUT2D eigenvalue weighted by Gasteiger charge is -2.04. The maximum Gasteiger partial charge on any atom is 0.338 e. The van der Waals surface area contributed by atoms with Crippen LogP contribution in [-0.4, -0.2) is 19.7 Å². The second kappa shape index (κ2) is 6.33. The van der Waals surface area contributed by atoms with Gasteiger partial charge in [0.1, 0.15) is 0 Å². The van der Waals surface area contributed by atoms with Gasteiger partial charge in [0.15, 0.2) is 0 Å². The Balaban J connectivity index is 3.02. The molecule has 4 heteroatoms. The Labute approximate surface area is 103 Å². The molecule has 0 saturated carbocycles. The standard InChI is InChI=1S/C12H13BrO3/c1-3-16-7-6-9-4-5-10(13)8-11(9)12(14)15-2/h4-8H,3H2,1-2H3/b7-6+. The average Bonchev–Trinajstić information content (AvgIpc) is 2.30. The van der Waals surface area contributed by atoms with Crippen LogP contribution in [0.25, 0.3) is 6.08 Å². The summed E-state index contributed by atoms with van der Waals surface area (Å²) in [4.78, 5) is 11.5. The first-order valence-corrected chi connectivity index (χ1v) is 5.64. The van der Waals surface area contributed by atoms with E-state index in [0.29, 0.717) is 12.2 Å². The molecule has 0 aliphatic rings. The summed E-state index contributed by atoms with van der Waals surface area (Å²) in [5.41, 5.74) is 1.27.